The first-order valence-electron chi connectivity index (χ1n) is 6.31. The Kier molecular flexibility index (Phi) is 11.0. The van der Waals surface area contributed by atoms with E-state index >= 15 is 0 Å². The molecule has 0 aromatic heterocycles. The Hall–Kier alpha value is -0.109. The van der Waals surface area contributed by atoms with Gasteiger partial charge in [-0.1, -0.05) is 24.8 Å². The van der Waals surface area contributed by atoms with Crippen LogP contribution in [0.4, 0.5) is 0 Å². The van der Waals surface area contributed by atoms with E-state index in [0.29, 0.717) is 0 Å². The summed E-state index contributed by atoms with van der Waals surface area (Å²) in [5.74, 6) is 0.759. The molecule has 1 rings (SSSR count). The van der Waals surface area contributed by atoms with Crippen molar-refractivity contribution in [3.8, 4) is 0 Å². The maximum absolute atomic E-state index is 3.46. The average Bonchev–Trinajstić information content (AvgIpc) is 2.45. The van der Waals surface area contributed by atoms with Gasteiger partial charge < -0.3 is 0 Å². The molecule has 0 radical (unpaired) electrons. The molecule has 0 saturated carbocycles. The van der Waals surface area contributed by atoms with E-state index < -0.39 is 17.9 Å². The second-order valence-electron chi connectivity index (χ2n) is 4.83. The molecule has 0 spiro atoms. The minimum Gasteiger partial charge on any atom is -0.0149 e. The van der Waals surface area contributed by atoms with Gasteiger partial charge in [0.1, 0.15) is 0 Å². The molecule has 1 atom stereocenters. The van der Waals surface area contributed by atoms with Crippen LogP contribution >= 0.6 is 0 Å². The third-order valence-electron chi connectivity index (χ3n) is 3.51. The van der Waals surface area contributed by atoms with Gasteiger partial charge in [-0.2, -0.15) is 0 Å². The van der Waals surface area contributed by atoms with Crippen LogP contribution in [-0.2, 0) is 17.9 Å². The normalized spacial score (nSPS) is 18.5. The molecule has 0 fully saturated rings. The minimum atomic E-state index is -0.834. The zero-order chi connectivity index (χ0) is 13.6. The molecule has 0 nitrogen and oxygen atoms in total. The Bertz CT molecular complexity index is 359. The SMILES string of the molecule is C=CC=CC.CC1=C(C)C(C)[C]([Ti]([CH3])[CH3])=C1C.[SiH4]. The molecular formula is C16H31SiTi. The number of hydrogen-bond acceptors (Lipinski definition) is 0. The van der Waals surface area contributed by atoms with E-state index in [1.165, 1.54) is 0 Å². The standard InChI is InChI=1S/C9H13.C5H8.2CH3.H4Si.Ti/c1-6-5-7(2)9(4)8(6)3;1-3-5-4-2;;;;/h6H,1-4H3;3-5H,1H2,2H3;2*1H3;1H4;. The molecule has 103 valence electrons. The van der Waals surface area contributed by atoms with Crippen LogP contribution in [0, 0.1) is 5.92 Å². The van der Waals surface area contributed by atoms with Crippen molar-refractivity contribution in [3.63, 3.8) is 0 Å². The van der Waals surface area contributed by atoms with Gasteiger partial charge in [0.15, 0.2) is 0 Å². The van der Waals surface area contributed by atoms with Gasteiger partial charge in [-0.05, 0) is 17.9 Å². The Balaban J connectivity index is 0. The molecule has 1 aliphatic rings. The molecule has 0 saturated heterocycles. The van der Waals surface area contributed by atoms with Crippen LogP contribution in [0.2, 0.25) is 10.5 Å². The van der Waals surface area contributed by atoms with E-state index in [0.717, 1.165) is 5.92 Å². The molecule has 0 aliphatic heterocycles. The minimum absolute atomic E-state index is 0. The molecule has 0 aromatic rings. The molecule has 1 unspecified atom stereocenters. The van der Waals surface area contributed by atoms with Gasteiger partial charge in [-0.3, -0.25) is 0 Å². The van der Waals surface area contributed by atoms with E-state index in [-0.39, 0.29) is 11.0 Å². The third-order valence-corrected chi connectivity index (χ3v) is 6.45. The van der Waals surface area contributed by atoms with Crippen molar-refractivity contribution >= 4 is 11.0 Å². The zero-order valence-corrected chi connectivity index (χ0v) is 14.1. The summed E-state index contributed by atoms with van der Waals surface area (Å²) in [5, 5.41) is 4.92. The predicted molar refractivity (Wildman–Crippen MR) is 88.3 cm³/mol. The molecule has 0 heterocycles. The van der Waals surface area contributed by atoms with Gasteiger partial charge in [0.2, 0.25) is 0 Å². The Morgan fingerprint density at radius 3 is 1.72 bits per heavy atom. The number of hydrogen-bond donors (Lipinski definition) is 0. The second-order valence-corrected chi connectivity index (χ2v) is 8.79. The summed E-state index contributed by atoms with van der Waals surface area (Å²) >= 11 is -0.834. The number of allylic oxidation sites excluding steroid dienone is 7. The van der Waals surface area contributed by atoms with Gasteiger partial charge in [0.05, 0.1) is 0 Å². The van der Waals surface area contributed by atoms with Crippen LogP contribution in [-0.4, -0.2) is 11.0 Å². The van der Waals surface area contributed by atoms with Crippen molar-refractivity contribution in [1.29, 1.82) is 0 Å². The fourth-order valence-electron chi connectivity index (χ4n) is 2.31. The topological polar surface area (TPSA) is 0 Å². The van der Waals surface area contributed by atoms with Crippen LogP contribution in [0.25, 0.3) is 0 Å². The molecule has 0 N–H and O–H groups in total. The summed E-state index contributed by atoms with van der Waals surface area (Å²) in [6.07, 6.45) is 5.58. The molecule has 0 aromatic carbocycles. The van der Waals surface area contributed by atoms with E-state index in [4.69, 9.17) is 0 Å². The van der Waals surface area contributed by atoms with Crippen LogP contribution in [0.3, 0.4) is 0 Å². The van der Waals surface area contributed by atoms with Crippen molar-refractivity contribution in [2.45, 2.75) is 45.1 Å². The number of rotatable bonds is 2. The Morgan fingerprint density at radius 2 is 1.61 bits per heavy atom. The summed E-state index contributed by atoms with van der Waals surface area (Å²) in [5.41, 5.74) is 4.78. The Labute approximate surface area is 125 Å². The first-order valence-corrected chi connectivity index (χ1v) is 10.2. The van der Waals surface area contributed by atoms with Crippen molar-refractivity contribution in [1.82, 2.24) is 0 Å². The summed E-state index contributed by atoms with van der Waals surface area (Å²) in [6, 6.07) is 0. The zero-order valence-electron chi connectivity index (χ0n) is 12.5. The maximum Gasteiger partial charge on any atom is -0.0149 e. The van der Waals surface area contributed by atoms with E-state index in [2.05, 4.69) is 44.7 Å². The molecular weight excluding hydrogens is 268 g/mol. The first kappa shape index (κ1) is 20.2. The molecule has 2 heteroatoms. The van der Waals surface area contributed by atoms with Crippen LogP contribution in [0.5, 0.6) is 0 Å². The van der Waals surface area contributed by atoms with Crippen molar-refractivity contribution in [3.05, 3.63) is 45.4 Å². The summed E-state index contributed by atoms with van der Waals surface area (Å²) in [6.45, 7) is 14.7. The van der Waals surface area contributed by atoms with Crippen molar-refractivity contribution in [2.75, 3.05) is 0 Å². The van der Waals surface area contributed by atoms with Crippen molar-refractivity contribution in [2.24, 2.45) is 5.92 Å². The van der Waals surface area contributed by atoms with Gasteiger partial charge in [0, 0.05) is 0 Å². The van der Waals surface area contributed by atoms with Gasteiger partial charge in [0.25, 0.3) is 0 Å². The van der Waals surface area contributed by atoms with Crippen LogP contribution < -0.4 is 0 Å². The molecule has 1 aliphatic carbocycles. The van der Waals surface area contributed by atoms with Crippen molar-refractivity contribution < 1.29 is 17.9 Å². The monoisotopic (exact) mass is 299 g/mol. The van der Waals surface area contributed by atoms with E-state index in [1.807, 2.05) is 23.0 Å². The van der Waals surface area contributed by atoms with Gasteiger partial charge in [-0.25, -0.2) is 0 Å². The quantitative estimate of drug-likeness (QED) is 0.528. The summed E-state index contributed by atoms with van der Waals surface area (Å²) < 4.78 is 1.81. The van der Waals surface area contributed by atoms with E-state index in [9.17, 15) is 0 Å². The van der Waals surface area contributed by atoms with E-state index in [1.54, 1.807) is 22.8 Å². The molecule has 0 amide bonds. The molecule has 0 bridgehead atoms. The summed E-state index contributed by atoms with van der Waals surface area (Å²) in [4.78, 5) is 0. The van der Waals surface area contributed by atoms with Crippen LogP contribution in [0.1, 0.15) is 34.6 Å². The average molecular weight is 299 g/mol. The second kappa shape index (κ2) is 9.77. The maximum atomic E-state index is 3.46. The Morgan fingerprint density at radius 1 is 1.11 bits per heavy atom. The largest absolute Gasteiger partial charge is 0.0149 e. The smallest absolute Gasteiger partial charge is 0.0149 e. The van der Waals surface area contributed by atoms with Crippen LogP contribution in [0.15, 0.2) is 45.4 Å². The van der Waals surface area contributed by atoms with Gasteiger partial charge in [-0.15, -0.1) is 0 Å². The molecule has 18 heavy (non-hydrogen) atoms. The fourth-order valence-corrected chi connectivity index (χ4v) is 5.46. The third kappa shape index (κ3) is 5.26. The fraction of sp³-hybridized carbons (Fsp3) is 0.500. The predicted octanol–water partition coefficient (Wildman–Crippen LogP) is 4.26. The summed E-state index contributed by atoms with van der Waals surface area (Å²) in [7, 11) is 0. The van der Waals surface area contributed by atoms with Gasteiger partial charge >= 0.3 is 82.5 Å². The first-order chi connectivity index (χ1) is 7.88.